The van der Waals surface area contributed by atoms with E-state index in [4.69, 9.17) is 14.2 Å². The number of amides is 1. The Balaban J connectivity index is 1.77. The highest BCUT2D eigenvalue weighted by Gasteiger charge is 2.53. The smallest absolute Gasteiger partial charge is 0.412 e. The molecule has 1 amide bonds. The summed E-state index contributed by atoms with van der Waals surface area (Å²) in [6.07, 6.45) is 0.170. The van der Waals surface area contributed by atoms with E-state index in [1.165, 1.54) is 11.1 Å². The maximum atomic E-state index is 12.3. The van der Waals surface area contributed by atoms with E-state index in [2.05, 4.69) is 35.8 Å². The Bertz CT molecular complexity index is 950. The van der Waals surface area contributed by atoms with Gasteiger partial charge in [-0.15, -0.1) is 0 Å². The second kappa shape index (κ2) is 6.95. The molecule has 0 spiro atoms. The second-order valence-corrected chi connectivity index (χ2v) is 8.71. The molecule has 6 heteroatoms. The Kier molecular flexibility index (Phi) is 4.69. The largest absolute Gasteiger partial charge is 0.496 e. The van der Waals surface area contributed by atoms with Gasteiger partial charge < -0.3 is 19.5 Å². The zero-order valence-corrected chi connectivity index (χ0v) is 17.6. The van der Waals surface area contributed by atoms with Gasteiger partial charge in [0, 0.05) is 16.9 Å². The molecule has 0 bridgehead atoms. The third-order valence-corrected chi connectivity index (χ3v) is 5.50. The molecule has 29 heavy (non-hydrogen) atoms. The minimum atomic E-state index is -0.561. The highest BCUT2D eigenvalue weighted by Crippen LogP contribution is 2.54. The number of rotatable bonds is 3. The summed E-state index contributed by atoms with van der Waals surface area (Å²) in [6.45, 7) is 8.26. The van der Waals surface area contributed by atoms with E-state index >= 15 is 0 Å². The van der Waals surface area contributed by atoms with Crippen LogP contribution in [0.5, 0.6) is 5.75 Å². The molecule has 2 aliphatic rings. The van der Waals surface area contributed by atoms with E-state index in [-0.39, 0.29) is 11.6 Å². The first kappa shape index (κ1) is 19.6. The van der Waals surface area contributed by atoms with Crippen LogP contribution >= 0.6 is 0 Å². The fourth-order valence-corrected chi connectivity index (χ4v) is 4.34. The normalized spacial score (nSPS) is 22.4. The summed E-state index contributed by atoms with van der Waals surface area (Å²) in [6, 6.07) is 12.1. The van der Waals surface area contributed by atoms with Crippen molar-refractivity contribution in [1.82, 2.24) is 0 Å². The van der Waals surface area contributed by atoms with E-state index in [9.17, 15) is 4.79 Å². The van der Waals surface area contributed by atoms with Crippen LogP contribution in [-0.2, 0) is 14.9 Å². The molecule has 2 N–H and O–H groups in total. The monoisotopic (exact) mass is 396 g/mol. The van der Waals surface area contributed by atoms with Gasteiger partial charge in [-0.25, -0.2) is 4.79 Å². The van der Waals surface area contributed by atoms with Crippen LogP contribution < -0.4 is 15.4 Å². The molecule has 4 rings (SSSR count). The van der Waals surface area contributed by atoms with Gasteiger partial charge in [0.05, 0.1) is 19.1 Å². The molecule has 154 valence electrons. The number of carbonyl (C=O) groups excluding carboxylic acids is 1. The predicted molar refractivity (Wildman–Crippen MR) is 113 cm³/mol. The minimum Gasteiger partial charge on any atom is -0.496 e. The van der Waals surface area contributed by atoms with Crippen molar-refractivity contribution < 1.29 is 19.0 Å². The summed E-state index contributed by atoms with van der Waals surface area (Å²) in [4.78, 5) is 12.3. The molecular formula is C23H28N2O4. The predicted octanol–water partition coefficient (Wildman–Crippen LogP) is 4.81. The number of ether oxygens (including phenoxy) is 3. The van der Waals surface area contributed by atoms with Crippen molar-refractivity contribution in [1.29, 1.82) is 0 Å². The number of methoxy groups -OCH3 is 1. The zero-order chi connectivity index (χ0) is 20.8. The van der Waals surface area contributed by atoms with E-state index < -0.39 is 11.7 Å². The van der Waals surface area contributed by atoms with Gasteiger partial charge in [-0.2, -0.15) is 0 Å². The number of anilines is 2. The van der Waals surface area contributed by atoms with Gasteiger partial charge in [0.15, 0.2) is 0 Å². The van der Waals surface area contributed by atoms with Crippen LogP contribution in [0.4, 0.5) is 16.2 Å². The van der Waals surface area contributed by atoms with Gasteiger partial charge in [-0.3, -0.25) is 5.32 Å². The van der Waals surface area contributed by atoms with Crippen LogP contribution in [0, 0.1) is 6.92 Å². The summed E-state index contributed by atoms with van der Waals surface area (Å²) in [5, 5.41) is 6.37. The summed E-state index contributed by atoms with van der Waals surface area (Å²) in [7, 11) is 1.67. The number of hydrogen-bond acceptors (Lipinski definition) is 5. The first-order chi connectivity index (χ1) is 13.7. The number of benzene rings is 2. The van der Waals surface area contributed by atoms with Crippen molar-refractivity contribution in [3.63, 3.8) is 0 Å². The standard InChI is InChI=1S/C23H28N2O4/c1-14-6-8-16-18(12-14)25-20-23(16,10-11-28-20)17-13-15(7-9-19(17)27-5)24-21(26)29-22(2,3)4/h6-9,12-13,20,25H,10-11H2,1-5H3,(H,24,26)/t20-,23-/m1/s1. The maximum absolute atomic E-state index is 12.3. The van der Waals surface area contributed by atoms with Gasteiger partial charge >= 0.3 is 6.09 Å². The second-order valence-electron chi connectivity index (χ2n) is 8.71. The Morgan fingerprint density at radius 2 is 2.00 bits per heavy atom. The number of nitrogens with one attached hydrogen (secondary N) is 2. The Labute approximate surface area is 171 Å². The van der Waals surface area contributed by atoms with Crippen LogP contribution in [0.25, 0.3) is 0 Å². The molecule has 2 atom stereocenters. The summed E-state index contributed by atoms with van der Waals surface area (Å²) in [5.74, 6) is 0.769. The van der Waals surface area contributed by atoms with Crippen molar-refractivity contribution in [3.05, 3.63) is 53.1 Å². The SMILES string of the molecule is COc1ccc(NC(=O)OC(C)(C)C)cc1[C@]12CCO[C@H]1Nc1cc(C)ccc12. The van der Waals surface area contributed by atoms with E-state index in [1.54, 1.807) is 7.11 Å². The lowest BCUT2D eigenvalue weighted by Gasteiger charge is -2.31. The molecule has 1 saturated heterocycles. The molecule has 1 fully saturated rings. The molecule has 2 heterocycles. The lowest BCUT2D eigenvalue weighted by molar-refractivity contribution is 0.0636. The van der Waals surface area contributed by atoms with Gasteiger partial charge in [-0.05, 0) is 69.5 Å². The molecule has 6 nitrogen and oxygen atoms in total. The Morgan fingerprint density at radius 3 is 2.72 bits per heavy atom. The summed E-state index contributed by atoms with van der Waals surface area (Å²) < 4.78 is 17.2. The van der Waals surface area contributed by atoms with Crippen molar-refractivity contribution in [3.8, 4) is 5.75 Å². The average Bonchev–Trinajstić information content (AvgIpc) is 3.16. The van der Waals surface area contributed by atoms with Crippen molar-refractivity contribution in [2.45, 2.75) is 51.4 Å². The van der Waals surface area contributed by atoms with E-state index in [0.29, 0.717) is 12.3 Å². The number of fused-ring (bicyclic) bond motifs is 3. The molecule has 0 unspecified atom stereocenters. The van der Waals surface area contributed by atoms with Crippen molar-refractivity contribution >= 4 is 17.5 Å². The van der Waals surface area contributed by atoms with Crippen LogP contribution in [0.3, 0.4) is 0 Å². The number of hydrogen-bond donors (Lipinski definition) is 2. The quantitative estimate of drug-likeness (QED) is 0.779. The summed E-state index contributed by atoms with van der Waals surface area (Å²) in [5.41, 5.74) is 4.19. The van der Waals surface area contributed by atoms with Gasteiger partial charge in [-0.1, -0.05) is 12.1 Å². The van der Waals surface area contributed by atoms with E-state index in [0.717, 1.165) is 23.4 Å². The lowest BCUT2D eigenvalue weighted by Crippen LogP contribution is -2.36. The third-order valence-electron chi connectivity index (χ3n) is 5.50. The van der Waals surface area contributed by atoms with Crippen LogP contribution in [-0.4, -0.2) is 31.6 Å². The highest BCUT2D eigenvalue weighted by molar-refractivity contribution is 5.85. The molecule has 2 aliphatic heterocycles. The van der Waals surface area contributed by atoms with Crippen molar-refractivity contribution in [2.24, 2.45) is 0 Å². The first-order valence-corrected chi connectivity index (χ1v) is 9.91. The fourth-order valence-electron chi connectivity index (χ4n) is 4.34. The Morgan fingerprint density at radius 1 is 1.21 bits per heavy atom. The molecule has 0 aromatic heterocycles. The third kappa shape index (κ3) is 3.42. The lowest BCUT2D eigenvalue weighted by atomic mass is 9.73. The number of carbonyl (C=O) groups is 1. The molecule has 0 radical (unpaired) electrons. The van der Waals surface area contributed by atoms with Gasteiger partial charge in [0.2, 0.25) is 0 Å². The molecule has 0 saturated carbocycles. The minimum absolute atomic E-state index is 0.176. The van der Waals surface area contributed by atoms with E-state index in [1.807, 2.05) is 39.0 Å². The number of aryl methyl sites for hydroxylation is 1. The van der Waals surface area contributed by atoms with Gasteiger partial charge in [0.25, 0.3) is 0 Å². The molecule has 2 aromatic carbocycles. The summed E-state index contributed by atoms with van der Waals surface area (Å²) >= 11 is 0. The van der Waals surface area contributed by atoms with Crippen LogP contribution in [0.1, 0.15) is 43.9 Å². The molecular weight excluding hydrogens is 368 g/mol. The molecule has 2 aromatic rings. The van der Waals surface area contributed by atoms with Gasteiger partial charge in [0.1, 0.15) is 17.6 Å². The van der Waals surface area contributed by atoms with Crippen LogP contribution in [0.15, 0.2) is 36.4 Å². The maximum Gasteiger partial charge on any atom is 0.412 e. The average molecular weight is 396 g/mol. The van der Waals surface area contributed by atoms with Crippen LogP contribution in [0.2, 0.25) is 0 Å². The first-order valence-electron chi connectivity index (χ1n) is 9.91. The van der Waals surface area contributed by atoms with Crippen molar-refractivity contribution in [2.75, 3.05) is 24.4 Å². The molecule has 0 aliphatic carbocycles. The fraction of sp³-hybridized carbons (Fsp3) is 0.435. The Hall–Kier alpha value is -2.73. The zero-order valence-electron chi connectivity index (χ0n) is 17.6. The highest BCUT2D eigenvalue weighted by atomic mass is 16.6. The topological polar surface area (TPSA) is 68.8 Å².